The fraction of sp³-hybridized carbons (Fsp3) is 0.172. The summed E-state index contributed by atoms with van der Waals surface area (Å²) in [6.07, 6.45) is 0. The smallest absolute Gasteiger partial charge is 0.173 e. The Balaban J connectivity index is 1.54. The average molecular weight is 457 g/mol. The van der Waals surface area contributed by atoms with Gasteiger partial charge in [0.05, 0.1) is 12.7 Å². The number of benzene rings is 4. The highest BCUT2D eigenvalue weighted by atomic mass is 19.1. The molecule has 0 spiro atoms. The minimum atomic E-state index is -0.455. The van der Waals surface area contributed by atoms with Crippen LogP contribution >= 0.6 is 0 Å². The fourth-order valence-electron chi connectivity index (χ4n) is 4.08. The number of rotatable bonds is 6. The Labute approximate surface area is 198 Å². The van der Waals surface area contributed by atoms with E-state index in [1.807, 2.05) is 61.5 Å². The van der Waals surface area contributed by atoms with Crippen molar-refractivity contribution in [3.05, 3.63) is 95.8 Å². The van der Waals surface area contributed by atoms with E-state index < -0.39 is 5.82 Å². The van der Waals surface area contributed by atoms with E-state index in [0.29, 0.717) is 41.6 Å². The molecule has 0 bridgehead atoms. The lowest BCUT2D eigenvalue weighted by atomic mass is 9.95. The normalized spacial score (nSPS) is 12.3. The predicted octanol–water partition coefficient (Wildman–Crippen LogP) is 6.83. The molecule has 4 aromatic carbocycles. The lowest BCUT2D eigenvalue weighted by Crippen LogP contribution is -2.17. The summed E-state index contributed by atoms with van der Waals surface area (Å²) in [4.78, 5) is 0. The van der Waals surface area contributed by atoms with E-state index in [1.165, 1.54) is 11.6 Å². The zero-order valence-corrected chi connectivity index (χ0v) is 19.1. The van der Waals surface area contributed by atoms with Gasteiger partial charge in [0.25, 0.3) is 0 Å². The van der Waals surface area contributed by atoms with E-state index in [-0.39, 0.29) is 12.4 Å². The van der Waals surface area contributed by atoms with E-state index >= 15 is 4.39 Å². The molecule has 0 unspecified atom stereocenters. The van der Waals surface area contributed by atoms with Gasteiger partial charge >= 0.3 is 0 Å². The summed E-state index contributed by atoms with van der Waals surface area (Å²) >= 11 is 0. The first kappa shape index (κ1) is 21.8. The molecule has 172 valence electrons. The van der Waals surface area contributed by atoms with Crippen molar-refractivity contribution in [2.45, 2.75) is 13.5 Å². The van der Waals surface area contributed by atoms with Gasteiger partial charge < -0.3 is 18.9 Å². The molecule has 1 aliphatic heterocycles. The molecule has 4 aromatic rings. The average Bonchev–Trinajstić information content (AvgIpc) is 2.88. The van der Waals surface area contributed by atoms with Gasteiger partial charge in [0.15, 0.2) is 23.1 Å². The summed E-state index contributed by atoms with van der Waals surface area (Å²) in [7, 11) is 1.60. The summed E-state index contributed by atoms with van der Waals surface area (Å²) in [5.41, 5.74) is 5.29. The molecule has 0 N–H and O–H groups in total. The van der Waals surface area contributed by atoms with Crippen LogP contribution in [0.15, 0.2) is 78.9 Å². The highest BCUT2D eigenvalue weighted by molar-refractivity contribution is 5.88. The molecule has 34 heavy (non-hydrogen) atoms. The first-order chi connectivity index (χ1) is 16.6. The molecule has 0 saturated carbocycles. The molecule has 0 saturated heterocycles. The largest absolute Gasteiger partial charge is 0.496 e. The number of aryl methyl sites for hydroxylation is 1. The minimum Gasteiger partial charge on any atom is -0.496 e. The van der Waals surface area contributed by atoms with E-state index in [9.17, 15) is 0 Å². The third kappa shape index (κ3) is 4.29. The van der Waals surface area contributed by atoms with Crippen LogP contribution in [0.4, 0.5) is 4.39 Å². The molecular weight excluding hydrogens is 431 g/mol. The lowest BCUT2D eigenvalue weighted by molar-refractivity contribution is 0.172. The Morgan fingerprint density at radius 1 is 0.794 bits per heavy atom. The minimum absolute atomic E-state index is 0.189. The van der Waals surface area contributed by atoms with Crippen molar-refractivity contribution in [3.63, 3.8) is 0 Å². The molecule has 5 heteroatoms. The van der Waals surface area contributed by atoms with Gasteiger partial charge in [-0.05, 0) is 41.8 Å². The fourth-order valence-corrected chi connectivity index (χ4v) is 4.08. The maximum atomic E-state index is 15.1. The number of fused-ring (bicyclic) bond motifs is 1. The summed E-state index contributed by atoms with van der Waals surface area (Å²) in [5.74, 6) is 1.50. The van der Waals surface area contributed by atoms with Gasteiger partial charge in [0.2, 0.25) is 0 Å². The molecule has 0 aliphatic carbocycles. The van der Waals surface area contributed by atoms with Crippen molar-refractivity contribution >= 4 is 0 Å². The Bertz CT molecular complexity index is 1300. The maximum Gasteiger partial charge on any atom is 0.173 e. The zero-order chi connectivity index (χ0) is 23.5. The summed E-state index contributed by atoms with van der Waals surface area (Å²) in [6, 6.07) is 24.7. The van der Waals surface area contributed by atoms with Crippen LogP contribution in [0.5, 0.6) is 23.0 Å². The summed E-state index contributed by atoms with van der Waals surface area (Å²) in [5, 5.41) is 0. The monoisotopic (exact) mass is 456 g/mol. The van der Waals surface area contributed by atoms with Gasteiger partial charge in [-0.2, -0.15) is 0 Å². The van der Waals surface area contributed by atoms with E-state index in [0.717, 1.165) is 16.7 Å². The number of halogens is 1. The Hall–Kier alpha value is -3.99. The van der Waals surface area contributed by atoms with Crippen LogP contribution in [0.2, 0.25) is 0 Å². The highest BCUT2D eigenvalue weighted by Crippen LogP contribution is 2.51. The third-order valence-corrected chi connectivity index (χ3v) is 5.82. The number of methoxy groups -OCH3 is 1. The van der Waals surface area contributed by atoms with Crippen molar-refractivity contribution in [1.29, 1.82) is 0 Å². The van der Waals surface area contributed by atoms with Crippen molar-refractivity contribution < 1.29 is 23.3 Å². The van der Waals surface area contributed by atoms with Gasteiger partial charge in [-0.15, -0.1) is 0 Å². The molecule has 1 heterocycles. The number of hydrogen-bond donors (Lipinski definition) is 0. The van der Waals surface area contributed by atoms with Crippen molar-refractivity contribution in [1.82, 2.24) is 0 Å². The van der Waals surface area contributed by atoms with E-state index in [4.69, 9.17) is 18.9 Å². The van der Waals surface area contributed by atoms with E-state index in [2.05, 4.69) is 12.1 Å². The van der Waals surface area contributed by atoms with Gasteiger partial charge in [0, 0.05) is 5.56 Å². The molecular formula is C29H25FO4. The highest BCUT2D eigenvalue weighted by Gasteiger charge is 2.26. The standard InChI is InChI=1S/C29H25FO4/c1-19-8-10-21(11-9-19)23-17-26(31-2)27(29-28(23)32-14-15-33-29)22-12-13-25(24(30)16-22)34-18-20-6-4-3-5-7-20/h3-13,16-17H,14-15,18H2,1-2H3. The molecule has 0 amide bonds. The van der Waals surface area contributed by atoms with Crippen LogP contribution in [0.25, 0.3) is 22.3 Å². The quantitative estimate of drug-likeness (QED) is 0.319. The number of ether oxygens (including phenoxy) is 4. The van der Waals surface area contributed by atoms with Crippen molar-refractivity contribution in [2.24, 2.45) is 0 Å². The molecule has 0 aromatic heterocycles. The Morgan fingerprint density at radius 2 is 1.50 bits per heavy atom. The predicted molar refractivity (Wildman–Crippen MR) is 130 cm³/mol. The zero-order valence-electron chi connectivity index (χ0n) is 19.1. The molecule has 1 aliphatic rings. The summed E-state index contributed by atoms with van der Waals surface area (Å²) < 4.78 is 38.6. The van der Waals surface area contributed by atoms with Crippen LogP contribution in [0, 0.1) is 12.7 Å². The first-order valence-electron chi connectivity index (χ1n) is 11.2. The van der Waals surface area contributed by atoms with Crippen LogP contribution in [-0.2, 0) is 6.61 Å². The van der Waals surface area contributed by atoms with Crippen LogP contribution in [0.1, 0.15) is 11.1 Å². The third-order valence-electron chi connectivity index (χ3n) is 5.82. The SMILES string of the molecule is COc1cc(-c2ccc(C)cc2)c2c(c1-c1ccc(OCc3ccccc3)c(F)c1)OCCO2. The molecule has 0 atom stereocenters. The molecule has 5 rings (SSSR count). The lowest BCUT2D eigenvalue weighted by Gasteiger charge is -2.26. The first-order valence-corrected chi connectivity index (χ1v) is 11.2. The molecule has 0 radical (unpaired) electrons. The van der Waals surface area contributed by atoms with Gasteiger partial charge in [-0.1, -0.05) is 66.2 Å². The van der Waals surface area contributed by atoms with E-state index in [1.54, 1.807) is 13.2 Å². The van der Waals surface area contributed by atoms with Gasteiger partial charge in [-0.3, -0.25) is 0 Å². The van der Waals surface area contributed by atoms with Gasteiger partial charge in [-0.25, -0.2) is 4.39 Å². The van der Waals surface area contributed by atoms with Crippen LogP contribution in [0.3, 0.4) is 0 Å². The second-order valence-electron chi connectivity index (χ2n) is 8.14. The Kier molecular flexibility index (Phi) is 6.09. The van der Waals surface area contributed by atoms with Gasteiger partial charge in [0.1, 0.15) is 25.6 Å². The van der Waals surface area contributed by atoms with Crippen LogP contribution in [-0.4, -0.2) is 20.3 Å². The number of hydrogen-bond acceptors (Lipinski definition) is 4. The Morgan fingerprint density at radius 3 is 2.21 bits per heavy atom. The van der Waals surface area contributed by atoms with Crippen LogP contribution < -0.4 is 18.9 Å². The maximum absolute atomic E-state index is 15.1. The summed E-state index contributed by atoms with van der Waals surface area (Å²) in [6.45, 7) is 3.18. The van der Waals surface area contributed by atoms with Crippen molar-refractivity contribution in [3.8, 4) is 45.3 Å². The molecule has 4 nitrogen and oxygen atoms in total. The topological polar surface area (TPSA) is 36.9 Å². The van der Waals surface area contributed by atoms with Crippen molar-refractivity contribution in [2.75, 3.05) is 20.3 Å². The second-order valence-corrected chi connectivity index (χ2v) is 8.14. The molecule has 0 fully saturated rings. The second kappa shape index (κ2) is 9.48.